The van der Waals surface area contributed by atoms with Crippen LogP contribution in [0.1, 0.15) is 96.2 Å². The van der Waals surface area contributed by atoms with Crippen LogP contribution >= 0.6 is 11.3 Å². The summed E-state index contributed by atoms with van der Waals surface area (Å²) in [6, 6.07) is 16.8. The molecule has 34 heavy (non-hydrogen) atoms. The summed E-state index contributed by atoms with van der Waals surface area (Å²) in [5.41, 5.74) is 9.05. The molecule has 3 rings (SSSR count). The van der Waals surface area contributed by atoms with E-state index in [1.165, 1.54) is 39.8 Å². The maximum Gasteiger partial charge on any atom is 0.248 e. The van der Waals surface area contributed by atoms with Crippen LogP contribution in [0.4, 0.5) is 0 Å². The number of hydrogen-bond donors (Lipinski definition) is 1. The molecule has 0 fully saturated rings. The van der Waals surface area contributed by atoms with E-state index in [1.807, 2.05) is 64.2 Å². The van der Waals surface area contributed by atoms with Gasteiger partial charge in [0, 0.05) is 15.2 Å². The smallest absolute Gasteiger partial charge is 0.248 e. The number of benzene rings is 2. The van der Waals surface area contributed by atoms with Gasteiger partial charge in [-0.1, -0.05) is 116 Å². The molecule has 0 radical (unpaired) electrons. The SMILES string of the molecule is C/C=C(/C(N)=O)c1ccc(C)cc1C.CC.CCC.CCCC.CCc1cc2ccccc2s1. The van der Waals surface area contributed by atoms with E-state index in [0.29, 0.717) is 5.57 Å². The third-order valence-electron chi connectivity index (χ3n) is 4.55. The summed E-state index contributed by atoms with van der Waals surface area (Å²) in [7, 11) is 0. The monoisotopic (exact) mass is 483 g/mol. The zero-order valence-electron chi connectivity index (χ0n) is 23.4. The van der Waals surface area contributed by atoms with Crippen LogP contribution in [0, 0.1) is 13.8 Å². The number of carbonyl (C=O) groups is 1. The normalized spacial score (nSPS) is 9.76. The fraction of sp³-hybridized carbons (Fsp3) is 0.452. The molecule has 1 heterocycles. The van der Waals surface area contributed by atoms with Crippen molar-refractivity contribution in [1.29, 1.82) is 0 Å². The van der Waals surface area contributed by atoms with Gasteiger partial charge in [0.1, 0.15) is 0 Å². The summed E-state index contributed by atoms with van der Waals surface area (Å²) in [6.07, 6.45) is 6.79. The molecule has 0 aliphatic rings. The van der Waals surface area contributed by atoms with Crippen molar-refractivity contribution in [3.63, 3.8) is 0 Å². The number of primary amides is 1. The number of fused-ring (bicyclic) bond motifs is 1. The van der Waals surface area contributed by atoms with Crippen LogP contribution < -0.4 is 5.73 Å². The third-order valence-corrected chi connectivity index (χ3v) is 5.81. The van der Waals surface area contributed by atoms with Gasteiger partial charge in [0.25, 0.3) is 0 Å². The maximum absolute atomic E-state index is 11.1. The lowest BCUT2D eigenvalue weighted by Crippen LogP contribution is -2.13. The highest BCUT2D eigenvalue weighted by Gasteiger charge is 2.09. The number of unbranched alkanes of at least 4 members (excludes halogenated alkanes) is 1. The molecule has 0 aliphatic carbocycles. The van der Waals surface area contributed by atoms with Gasteiger partial charge in [0.2, 0.25) is 5.91 Å². The molecule has 0 unspecified atom stereocenters. The average molecular weight is 484 g/mol. The first-order valence-corrected chi connectivity index (χ1v) is 13.6. The highest BCUT2D eigenvalue weighted by Crippen LogP contribution is 2.25. The number of amides is 1. The van der Waals surface area contributed by atoms with Crippen LogP contribution in [-0.4, -0.2) is 5.91 Å². The Morgan fingerprint density at radius 3 is 1.88 bits per heavy atom. The molecule has 1 aromatic heterocycles. The van der Waals surface area contributed by atoms with Crippen LogP contribution in [0.2, 0.25) is 0 Å². The van der Waals surface area contributed by atoms with Gasteiger partial charge in [-0.05, 0) is 55.8 Å². The Hall–Kier alpha value is -2.39. The molecule has 2 N–H and O–H groups in total. The summed E-state index contributed by atoms with van der Waals surface area (Å²) in [4.78, 5) is 12.6. The van der Waals surface area contributed by atoms with Crippen molar-refractivity contribution < 1.29 is 4.79 Å². The predicted octanol–water partition coefficient (Wildman–Crippen LogP) is 9.90. The minimum atomic E-state index is -0.376. The number of thiophene rings is 1. The van der Waals surface area contributed by atoms with Crippen LogP contribution in [0.15, 0.2) is 54.6 Å². The Morgan fingerprint density at radius 1 is 0.912 bits per heavy atom. The highest BCUT2D eigenvalue weighted by atomic mass is 32.1. The molecule has 0 bridgehead atoms. The Balaban J connectivity index is 0. The lowest BCUT2D eigenvalue weighted by molar-refractivity contribution is -0.112. The molecular formula is C31H49NOS. The molecular weight excluding hydrogens is 434 g/mol. The van der Waals surface area contributed by atoms with Crippen LogP contribution in [0.5, 0.6) is 0 Å². The lowest BCUT2D eigenvalue weighted by atomic mass is 9.98. The van der Waals surface area contributed by atoms with Crippen molar-refractivity contribution >= 4 is 32.9 Å². The van der Waals surface area contributed by atoms with E-state index < -0.39 is 0 Å². The third kappa shape index (κ3) is 13.3. The molecule has 0 aliphatic heterocycles. The van der Waals surface area contributed by atoms with E-state index in [4.69, 9.17) is 5.73 Å². The molecule has 1 amide bonds. The van der Waals surface area contributed by atoms with Gasteiger partial charge in [-0.15, -0.1) is 11.3 Å². The van der Waals surface area contributed by atoms with E-state index >= 15 is 0 Å². The minimum absolute atomic E-state index is 0.376. The van der Waals surface area contributed by atoms with Crippen molar-refractivity contribution in [2.45, 2.75) is 94.9 Å². The predicted molar refractivity (Wildman–Crippen MR) is 158 cm³/mol. The Labute approximate surface area is 214 Å². The summed E-state index contributed by atoms with van der Waals surface area (Å²) in [5, 5.41) is 1.38. The maximum atomic E-state index is 11.1. The number of rotatable bonds is 4. The Kier molecular flexibility index (Phi) is 21.0. The van der Waals surface area contributed by atoms with Crippen molar-refractivity contribution in [3.8, 4) is 0 Å². The minimum Gasteiger partial charge on any atom is -0.366 e. The van der Waals surface area contributed by atoms with Crippen LogP contribution in [-0.2, 0) is 11.2 Å². The lowest BCUT2D eigenvalue weighted by Gasteiger charge is -2.07. The van der Waals surface area contributed by atoms with Gasteiger partial charge < -0.3 is 5.73 Å². The standard InChI is InChI=1S/C12H15NO.C10H10S.C4H10.C3H8.C2H6/c1-4-10(12(13)14)11-6-5-8(2)7-9(11)3;1-2-9-7-8-5-3-4-6-10(8)11-9;1-3-4-2;1-3-2;1-2/h4-7H,1-3H3,(H2,13,14);3-7H,2H2,1H3;3-4H2,1-2H3;3H2,1-2H3;1-2H3/b10-4+;;;;. The number of carbonyl (C=O) groups excluding carboxylic acids is 1. The fourth-order valence-corrected chi connectivity index (χ4v) is 3.76. The van der Waals surface area contributed by atoms with Crippen molar-refractivity contribution in [1.82, 2.24) is 0 Å². The second-order valence-corrected chi connectivity index (χ2v) is 8.86. The second-order valence-electron chi connectivity index (χ2n) is 7.70. The number of aryl methyl sites for hydroxylation is 3. The van der Waals surface area contributed by atoms with Gasteiger partial charge in [-0.3, -0.25) is 4.79 Å². The van der Waals surface area contributed by atoms with Gasteiger partial charge in [0.05, 0.1) is 0 Å². The van der Waals surface area contributed by atoms with E-state index in [2.05, 4.69) is 65.0 Å². The second kappa shape index (κ2) is 21.2. The summed E-state index contributed by atoms with van der Waals surface area (Å²) >= 11 is 1.90. The van der Waals surface area contributed by atoms with Gasteiger partial charge in [-0.2, -0.15) is 0 Å². The first-order valence-electron chi connectivity index (χ1n) is 12.8. The number of nitrogens with two attached hydrogens (primary N) is 1. The Morgan fingerprint density at radius 2 is 1.47 bits per heavy atom. The molecule has 190 valence electrons. The van der Waals surface area contributed by atoms with E-state index in [-0.39, 0.29) is 5.91 Å². The van der Waals surface area contributed by atoms with Crippen LogP contribution in [0.25, 0.3) is 15.7 Å². The highest BCUT2D eigenvalue weighted by molar-refractivity contribution is 7.19. The van der Waals surface area contributed by atoms with Gasteiger partial charge in [0.15, 0.2) is 0 Å². The van der Waals surface area contributed by atoms with E-state index in [1.54, 1.807) is 6.08 Å². The molecule has 0 saturated carbocycles. The van der Waals surface area contributed by atoms with E-state index in [0.717, 1.165) is 17.5 Å². The van der Waals surface area contributed by atoms with Gasteiger partial charge >= 0.3 is 0 Å². The molecule has 0 spiro atoms. The molecule has 3 heteroatoms. The largest absolute Gasteiger partial charge is 0.366 e. The molecule has 2 nitrogen and oxygen atoms in total. The summed E-state index contributed by atoms with van der Waals surface area (Å²) < 4.78 is 1.41. The van der Waals surface area contributed by atoms with Crippen molar-refractivity contribution in [2.75, 3.05) is 0 Å². The molecule has 2 aromatic carbocycles. The fourth-order valence-electron chi connectivity index (χ4n) is 2.76. The molecule has 0 saturated heterocycles. The molecule has 0 atom stereocenters. The van der Waals surface area contributed by atoms with Gasteiger partial charge in [-0.25, -0.2) is 0 Å². The Bertz CT molecular complexity index is 918. The zero-order valence-corrected chi connectivity index (χ0v) is 24.2. The zero-order chi connectivity index (χ0) is 26.5. The first-order chi connectivity index (χ1) is 16.3. The van der Waals surface area contributed by atoms with Crippen molar-refractivity contribution in [2.24, 2.45) is 5.73 Å². The summed E-state index contributed by atoms with van der Waals surface area (Å²) in [5.74, 6) is -0.376. The summed E-state index contributed by atoms with van der Waals surface area (Å²) in [6.45, 7) is 20.6. The quantitative estimate of drug-likeness (QED) is 0.369. The number of allylic oxidation sites excluding steroid dienone is 1. The molecule has 3 aromatic rings. The first kappa shape index (κ1) is 33.8. The average Bonchev–Trinajstić information content (AvgIpc) is 3.27. The topological polar surface area (TPSA) is 43.1 Å². The van der Waals surface area contributed by atoms with Crippen LogP contribution in [0.3, 0.4) is 0 Å². The number of hydrogen-bond acceptors (Lipinski definition) is 2. The van der Waals surface area contributed by atoms with Crippen molar-refractivity contribution in [3.05, 3.63) is 76.2 Å². The van der Waals surface area contributed by atoms with E-state index in [9.17, 15) is 4.79 Å².